The van der Waals surface area contributed by atoms with Gasteiger partial charge < -0.3 is 10.2 Å². The van der Waals surface area contributed by atoms with Crippen LogP contribution in [0, 0.1) is 12.3 Å². The van der Waals surface area contributed by atoms with E-state index in [1.807, 2.05) is 0 Å². The third kappa shape index (κ3) is 2.83. The molecular formula is C7H13NO2. The molecule has 58 valence electrons. The van der Waals surface area contributed by atoms with Crippen molar-refractivity contribution in [2.45, 2.75) is 26.3 Å². The summed E-state index contributed by atoms with van der Waals surface area (Å²) in [6.45, 7) is 3.38. The molecule has 0 saturated heterocycles. The Bertz CT molecular complexity index is 118. The van der Waals surface area contributed by atoms with Crippen LogP contribution in [0.15, 0.2) is 0 Å². The molecule has 0 aromatic heterocycles. The Morgan fingerprint density at radius 1 is 1.40 bits per heavy atom. The summed E-state index contributed by atoms with van der Waals surface area (Å²) in [5.41, 5.74) is 0. The molecule has 3 nitrogen and oxygen atoms in total. The second kappa shape index (κ2) is 4.29. The maximum absolute atomic E-state index is 8.98. The smallest absolute Gasteiger partial charge is 0.107 e. The Morgan fingerprint density at radius 2 is 1.80 bits per heavy atom. The van der Waals surface area contributed by atoms with Crippen LogP contribution in [0.25, 0.3) is 0 Å². The molecule has 2 unspecified atom stereocenters. The molecule has 0 bridgehead atoms. The van der Waals surface area contributed by atoms with E-state index in [9.17, 15) is 0 Å². The van der Waals surface area contributed by atoms with Crippen LogP contribution >= 0.6 is 0 Å². The molecule has 0 aliphatic heterocycles. The van der Waals surface area contributed by atoms with E-state index in [4.69, 9.17) is 16.6 Å². The Labute approximate surface area is 61.3 Å². The summed E-state index contributed by atoms with van der Waals surface area (Å²) in [6.07, 6.45) is 3.59. The summed E-state index contributed by atoms with van der Waals surface area (Å²) in [4.78, 5) is 1.39. The van der Waals surface area contributed by atoms with Crippen molar-refractivity contribution >= 4 is 0 Å². The lowest BCUT2D eigenvalue weighted by atomic mass is 10.4. The Balaban J connectivity index is 3.88. The number of terminal acetylenes is 1. The van der Waals surface area contributed by atoms with Gasteiger partial charge in [-0.1, -0.05) is 5.92 Å². The van der Waals surface area contributed by atoms with Crippen molar-refractivity contribution in [3.63, 3.8) is 0 Å². The van der Waals surface area contributed by atoms with Gasteiger partial charge in [-0.25, -0.2) is 4.90 Å². The summed E-state index contributed by atoms with van der Waals surface area (Å²) >= 11 is 0. The van der Waals surface area contributed by atoms with E-state index in [1.54, 1.807) is 13.8 Å². The van der Waals surface area contributed by atoms with E-state index in [0.717, 1.165) is 0 Å². The maximum atomic E-state index is 8.98. The fourth-order valence-corrected chi connectivity index (χ4v) is 0.682. The highest BCUT2D eigenvalue weighted by Crippen LogP contribution is 1.98. The zero-order valence-electron chi connectivity index (χ0n) is 6.28. The minimum atomic E-state index is -0.698. The predicted molar refractivity (Wildman–Crippen MR) is 38.9 cm³/mol. The first-order valence-corrected chi connectivity index (χ1v) is 3.15. The summed E-state index contributed by atoms with van der Waals surface area (Å²) in [6, 6.07) is 0. The van der Waals surface area contributed by atoms with Gasteiger partial charge in [-0.3, -0.25) is 0 Å². The van der Waals surface area contributed by atoms with Crippen molar-refractivity contribution in [3.8, 4) is 12.3 Å². The molecule has 10 heavy (non-hydrogen) atoms. The zero-order chi connectivity index (χ0) is 8.15. The maximum Gasteiger partial charge on any atom is 0.107 e. The second-order valence-corrected chi connectivity index (χ2v) is 2.14. The van der Waals surface area contributed by atoms with Crippen LogP contribution in [0.4, 0.5) is 0 Å². The minimum Gasteiger partial charge on any atom is -0.379 e. The lowest BCUT2D eigenvalue weighted by Crippen LogP contribution is -2.40. The molecule has 0 spiro atoms. The van der Waals surface area contributed by atoms with Gasteiger partial charge in [0, 0.05) is 0 Å². The number of hydrogen-bond donors (Lipinski definition) is 2. The summed E-state index contributed by atoms with van der Waals surface area (Å²) in [7, 11) is 0. The number of aliphatic hydroxyl groups excluding tert-OH is 2. The van der Waals surface area contributed by atoms with Gasteiger partial charge in [-0.2, -0.15) is 0 Å². The van der Waals surface area contributed by atoms with Gasteiger partial charge in [0.15, 0.2) is 0 Å². The Hall–Kier alpha value is -0.560. The summed E-state index contributed by atoms with van der Waals surface area (Å²) in [5, 5.41) is 18.0. The van der Waals surface area contributed by atoms with Crippen LogP contribution < -0.4 is 0 Å². The van der Waals surface area contributed by atoms with E-state index in [0.29, 0.717) is 0 Å². The van der Waals surface area contributed by atoms with Gasteiger partial charge in [0.2, 0.25) is 0 Å². The third-order valence-corrected chi connectivity index (χ3v) is 1.23. The summed E-state index contributed by atoms with van der Waals surface area (Å²) in [5.74, 6) is 2.34. The molecule has 2 atom stereocenters. The van der Waals surface area contributed by atoms with E-state index in [-0.39, 0.29) is 6.54 Å². The van der Waals surface area contributed by atoms with Crippen LogP contribution in [0.2, 0.25) is 0 Å². The normalized spacial score (nSPS) is 16.4. The van der Waals surface area contributed by atoms with Crippen LogP contribution in [0.5, 0.6) is 0 Å². The van der Waals surface area contributed by atoms with Crippen molar-refractivity contribution in [1.82, 2.24) is 4.90 Å². The fraction of sp³-hybridized carbons (Fsp3) is 0.714. The monoisotopic (exact) mass is 143 g/mol. The van der Waals surface area contributed by atoms with E-state index >= 15 is 0 Å². The number of hydrogen-bond acceptors (Lipinski definition) is 3. The molecule has 2 N–H and O–H groups in total. The second-order valence-electron chi connectivity index (χ2n) is 2.14. The highest BCUT2D eigenvalue weighted by atomic mass is 16.3. The topological polar surface area (TPSA) is 43.7 Å². The van der Waals surface area contributed by atoms with Crippen molar-refractivity contribution in [2.75, 3.05) is 6.54 Å². The molecule has 0 aliphatic rings. The highest BCUT2D eigenvalue weighted by molar-refractivity contribution is 4.88. The predicted octanol–water partition coefficient (Wildman–Crippen LogP) is -0.402. The number of rotatable bonds is 3. The zero-order valence-corrected chi connectivity index (χ0v) is 6.28. The van der Waals surface area contributed by atoms with E-state index in [2.05, 4.69) is 5.92 Å². The lowest BCUT2D eigenvalue weighted by molar-refractivity contribution is -0.0754. The van der Waals surface area contributed by atoms with Gasteiger partial charge in [-0.15, -0.1) is 6.42 Å². The standard InChI is InChI=1S/C7H13NO2/c1-4-5-8(6(2)9)7(3)10/h1,6-7,9-10H,5H2,2-3H3. The Kier molecular flexibility index (Phi) is 4.05. The SMILES string of the molecule is C#CCN(C(C)O)C(C)O. The van der Waals surface area contributed by atoms with Crippen molar-refractivity contribution in [1.29, 1.82) is 0 Å². The van der Waals surface area contributed by atoms with Crippen LogP contribution in [0.3, 0.4) is 0 Å². The molecular weight excluding hydrogens is 130 g/mol. The molecule has 0 amide bonds. The Morgan fingerprint density at radius 3 is 1.90 bits per heavy atom. The lowest BCUT2D eigenvalue weighted by Gasteiger charge is -2.25. The average molecular weight is 143 g/mol. The first-order valence-electron chi connectivity index (χ1n) is 3.15. The molecule has 0 radical (unpaired) electrons. The largest absolute Gasteiger partial charge is 0.379 e. The molecule has 0 aliphatic carbocycles. The van der Waals surface area contributed by atoms with Gasteiger partial charge in [0.1, 0.15) is 12.5 Å². The highest BCUT2D eigenvalue weighted by Gasteiger charge is 2.13. The first kappa shape index (κ1) is 9.44. The van der Waals surface area contributed by atoms with Gasteiger partial charge in [0.25, 0.3) is 0 Å². The minimum absolute atomic E-state index is 0.259. The van der Waals surface area contributed by atoms with Crippen LogP contribution in [-0.2, 0) is 0 Å². The molecule has 0 heterocycles. The number of aliphatic hydroxyl groups is 2. The van der Waals surface area contributed by atoms with Gasteiger partial charge in [0.05, 0.1) is 6.54 Å². The molecule has 0 saturated carbocycles. The number of nitrogens with zero attached hydrogens (tertiary/aromatic N) is 1. The molecule has 0 aromatic carbocycles. The third-order valence-electron chi connectivity index (χ3n) is 1.23. The van der Waals surface area contributed by atoms with Crippen molar-refractivity contribution in [2.24, 2.45) is 0 Å². The van der Waals surface area contributed by atoms with E-state index < -0.39 is 12.5 Å². The van der Waals surface area contributed by atoms with E-state index in [1.165, 1.54) is 4.90 Å². The fourth-order valence-electron chi connectivity index (χ4n) is 0.682. The van der Waals surface area contributed by atoms with Gasteiger partial charge in [-0.05, 0) is 13.8 Å². The molecule has 0 aromatic rings. The van der Waals surface area contributed by atoms with Crippen LogP contribution in [-0.4, -0.2) is 34.1 Å². The quantitative estimate of drug-likeness (QED) is 0.417. The molecule has 3 heteroatoms. The summed E-state index contributed by atoms with van der Waals surface area (Å²) < 4.78 is 0. The molecule has 0 fully saturated rings. The van der Waals surface area contributed by atoms with Gasteiger partial charge >= 0.3 is 0 Å². The van der Waals surface area contributed by atoms with Crippen molar-refractivity contribution < 1.29 is 10.2 Å². The van der Waals surface area contributed by atoms with Crippen molar-refractivity contribution in [3.05, 3.63) is 0 Å². The first-order chi connectivity index (χ1) is 4.59. The van der Waals surface area contributed by atoms with Crippen LogP contribution in [0.1, 0.15) is 13.8 Å². The average Bonchev–Trinajstić information content (AvgIpc) is 1.81. The molecule has 0 rings (SSSR count).